The lowest BCUT2D eigenvalue weighted by molar-refractivity contribution is 0.523. The summed E-state index contributed by atoms with van der Waals surface area (Å²) in [6.07, 6.45) is 2.19. The van der Waals surface area contributed by atoms with Crippen LogP contribution in [0.1, 0.15) is 23.0 Å². The quantitative estimate of drug-likeness (QED) is 0.650. The molecule has 0 radical (unpaired) electrons. The van der Waals surface area contributed by atoms with E-state index in [1.807, 2.05) is 26.1 Å². The van der Waals surface area contributed by atoms with Gasteiger partial charge in [0.15, 0.2) is 0 Å². The molecule has 3 N–H and O–H groups in total. The van der Waals surface area contributed by atoms with Crippen LogP contribution in [0.25, 0.3) is 0 Å². The lowest BCUT2D eigenvalue weighted by atomic mass is 10.0. The van der Waals surface area contributed by atoms with Crippen LogP contribution in [0.4, 0.5) is 0 Å². The Morgan fingerprint density at radius 2 is 2.22 bits per heavy atom. The third-order valence-electron chi connectivity index (χ3n) is 2.86. The van der Waals surface area contributed by atoms with Crippen molar-refractivity contribution in [2.45, 2.75) is 19.4 Å². The maximum absolute atomic E-state index is 6.06. The number of nitrogens with one attached hydrogen (secondary N) is 1. The fraction of sp³-hybridized carbons (Fsp3) is 0.333. The first-order chi connectivity index (χ1) is 8.60. The first kappa shape index (κ1) is 13.0. The zero-order chi connectivity index (χ0) is 13.1. The SMILES string of the molecule is Cc1cc(Cl)cc(C(Cc2ncnn2C)NN)c1. The van der Waals surface area contributed by atoms with E-state index in [1.54, 1.807) is 4.68 Å². The molecule has 0 saturated carbocycles. The van der Waals surface area contributed by atoms with Crippen molar-refractivity contribution in [3.05, 3.63) is 46.5 Å². The molecule has 0 fully saturated rings. The molecule has 6 heteroatoms. The molecule has 0 aliphatic heterocycles. The number of nitrogens with zero attached hydrogens (tertiary/aromatic N) is 3. The van der Waals surface area contributed by atoms with Crippen molar-refractivity contribution >= 4 is 11.6 Å². The minimum Gasteiger partial charge on any atom is -0.271 e. The van der Waals surface area contributed by atoms with Crippen molar-refractivity contribution in [1.29, 1.82) is 0 Å². The second-order valence-electron chi connectivity index (χ2n) is 4.29. The van der Waals surface area contributed by atoms with Gasteiger partial charge >= 0.3 is 0 Å². The molecule has 1 aromatic carbocycles. The van der Waals surface area contributed by atoms with E-state index in [0.717, 1.165) is 17.0 Å². The minimum absolute atomic E-state index is 0.0368. The molecule has 0 saturated heterocycles. The van der Waals surface area contributed by atoms with Gasteiger partial charge in [-0.25, -0.2) is 4.98 Å². The van der Waals surface area contributed by atoms with E-state index in [1.165, 1.54) is 6.33 Å². The molecular formula is C12H16ClN5. The normalized spacial score (nSPS) is 12.7. The molecule has 0 amide bonds. The Morgan fingerprint density at radius 3 is 2.78 bits per heavy atom. The summed E-state index contributed by atoms with van der Waals surface area (Å²) in [5.41, 5.74) is 4.95. The van der Waals surface area contributed by atoms with Gasteiger partial charge in [-0.05, 0) is 30.2 Å². The molecule has 0 bridgehead atoms. The average molecular weight is 266 g/mol. The van der Waals surface area contributed by atoms with Crippen molar-refractivity contribution in [3.8, 4) is 0 Å². The molecule has 96 valence electrons. The Morgan fingerprint density at radius 1 is 1.44 bits per heavy atom. The van der Waals surface area contributed by atoms with Gasteiger partial charge in [-0.2, -0.15) is 5.10 Å². The third kappa shape index (κ3) is 2.87. The Labute approximate surface area is 111 Å². The van der Waals surface area contributed by atoms with Gasteiger partial charge in [-0.1, -0.05) is 17.7 Å². The van der Waals surface area contributed by atoms with Crippen LogP contribution < -0.4 is 11.3 Å². The highest BCUT2D eigenvalue weighted by atomic mass is 35.5. The van der Waals surface area contributed by atoms with E-state index in [-0.39, 0.29) is 6.04 Å². The van der Waals surface area contributed by atoms with E-state index in [4.69, 9.17) is 17.4 Å². The van der Waals surface area contributed by atoms with Crippen molar-refractivity contribution in [2.75, 3.05) is 0 Å². The highest BCUT2D eigenvalue weighted by Crippen LogP contribution is 2.22. The zero-order valence-electron chi connectivity index (χ0n) is 10.4. The fourth-order valence-corrected chi connectivity index (χ4v) is 2.22. The van der Waals surface area contributed by atoms with Crippen molar-refractivity contribution in [1.82, 2.24) is 20.2 Å². The zero-order valence-corrected chi connectivity index (χ0v) is 11.1. The highest BCUT2D eigenvalue weighted by molar-refractivity contribution is 6.30. The molecule has 0 spiro atoms. The van der Waals surface area contributed by atoms with Crippen LogP contribution in [-0.2, 0) is 13.5 Å². The van der Waals surface area contributed by atoms with Crippen LogP contribution in [0.2, 0.25) is 5.02 Å². The van der Waals surface area contributed by atoms with Crippen LogP contribution in [0.15, 0.2) is 24.5 Å². The second kappa shape index (κ2) is 5.48. The molecule has 1 aromatic heterocycles. The number of rotatable bonds is 4. The first-order valence-electron chi connectivity index (χ1n) is 5.66. The topological polar surface area (TPSA) is 68.8 Å². The number of aryl methyl sites for hydroxylation is 2. The Hall–Kier alpha value is -1.43. The van der Waals surface area contributed by atoms with Gasteiger partial charge < -0.3 is 0 Å². The summed E-state index contributed by atoms with van der Waals surface area (Å²) >= 11 is 6.06. The molecule has 0 aliphatic rings. The molecule has 1 atom stereocenters. The van der Waals surface area contributed by atoms with Crippen molar-refractivity contribution in [2.24, 2.45) is 12.9 Å². The lowest BCUT2D eigenvalue weighted by Crippen LogP contribution is -2.30. The third-order valence-corrected chi connectivity index (χ3v) is 3.08. The molecule has 2 rings (SSSR count). The minimum atomic E-state index is -0.0368. The number of benzene rings is 1. The maximum Gasteiger partial charge on any atom is 0.138 e. The number of hydrogen-bond donors (Lipinski definition) is 2. The number of aromatic nitrogens is 3. The van der Waals surface area contributed by atoms with Gasteiger partial charge in [0.25, 0.3) is 0 Å². The van der Waals surface area contributed by atoms with E-state index in [9.17, 15) is 0 Å². The molecule has 2 aromatic rings. The average Bonchev–Trinajstić information content (AvgIpc) is 2.70. The monoisotopic (exact) mass is 265 g/mol. The summed E-state index contributed by atoms with van der Waals surface area (Å²) in [7, 11) is 1.86. The van der Waals surface area contributed by atoms with Gasteiger partial charge in [0.2, 0.25) is 0 Å². The predicted octanol–water partition coefficient (Wildman–Crippen LogP) is 1.52. The summed E-state index contributed by atoms with van der Waals surface area (Å²) in [6, 6.07) is 5.86. The van der Waals surface area contributed by atoms with Gasteiger partial charge in [0.1, 0.15) is 12.2 Å². The van der Waals surface area contributed by atoms with Crippen LogP contribution in [0.5, 0.6) is 0 Å². The summed E-state index contributed by atoms with van der Waals surface area (Å²) in [6.45, 7) is 2.01. The van der Waals surface area contributed by atoms with Crippen LogP contribution in [-0.4, -0.2) is 14.8 Å². The van der Waals surface area contributed by atoms with Gasteiger partial charge in [-0.3, -0.25) is 16.0 Å². The van der Waals surface area contributed by atoms with Crippen LogP contribution in [0, 0.1) is 6.92 Å². The van der Waals surface area contributed by atoms with E-state index < -0.39 is 0 Å². The summed E-state index contributed by atoms with van der Waals surface area (Å²) in [5.74, 6) is 6.49. The summed E-state index contributed by atoms with van der Waals surface area (Å²) in [4.78, 5) is 4.20. The number of hydrazine groups is 1. The first-order valence-corrected chi connectivity index (χ1v) is 6.04. The molecule has 0 aliphatic carbocycles. The van der Waals surface area contributed by atoms with Crippen molar-refractivity contribution in [3.63, 3.8) is 0 Å². The number of halogens is 1. The van der Waals surface area contributed by atoms with E-state index in [0.29, 0.717) is 11.4 Å². The standard InChI is InChI=1S/C12H16ClN5/c1-8-3-9(5-10(13)4-8)11(17-14)6-12-15-7-16-18(12)2/h3-5,7,11,17H,6,14H2,1-2H3. The Kier molecular flexibility index (Phi) is 3.96. The highest BCUT2D eigenvalue weighted by Gasteiger charge is 2.14. The van der Waals surface area contributed by atoms with Gasteiger partial charge in [-0.15, -0.1) is 0 Å². The van der Waals surface area contributed by atoms with Crippen LogP contribution in [0.3, 0.4) is 0 Å². The van der Waals surface area contributed by atoms with E-state index in [2.05, 4.69) is 21.6 Å². The molecular weight excluding hydrogens is 250 g/mol. The second-order valence-corrected chi connectivity index (χ2v) is 4.72. The van der Waals surface area contributed by atoms with E-state index >= 15 is 0 Å². The largest absolute Gasteiger partial charge is 0.271 e. The lowest BCUT2D eigenvalue weighted by Gasteiger charge is -2.16. The van der Waals surface area contributed by atoms with Crippen molar-refractivity contribution < 1.29 is 0 Å². The van der Waals surface area contributed by atoms with Crippen LogP contribution >= 0.6 is 11.6 Å². The Balaban J connectivity index is 2.25. The number of hydrogen-bond acceptors (Lipinski definition) is 4. The molecule has 1 heterocycles. The predicted molar refractivity (Wildman–Crippen MR) is 71.0 cm³/mol. The molecule has 18 heavy (non-hydrogen) atoms. The summed E-state index contributed by atoms with van der Waals surface area (Å²) in [5, 5.41) is 4.75. The smallest absolute Gasteiger partial charge is 0.138 e. The maximum atomic E-state index is 6.06. The van der Waals surface area contributed by atoms with Gasteiger partial charge in [0, 0.05) is 18.5 Å². The summed E-state index contributed by atoms with van der Waals surface area (Å²) < 4.78 is 1.74. The Bertz CT molecular complexity index is 517. The molecule has 5 nitrogen and oxygen atoms in total. The van der Waals surface area contributed by atoms with Gasteiger partial charge in [0.05, 0.1) is 6.04 Å². The fourth-order valence-electron chi connectivity index (χ4n) is 1.93. The molecule has 1 unspecified atom stereocenters. The number of nitrogens with two attached hydrogens (primary N) is 1.